The standard InChI is InChI=1S/C38H68NO7P/c1-6-8-10-12-14-15-16-17-18-19-20-21-22-23-24-25-26-27-29-31-38(40)46-37(35-43-33-30-28-13-11-9-7-2)36-45-47(41,42)44-34-32-39(3,4)5/h8,10,14-15,17-18,20-21,23-24,37H,6-7,9,11-13,16,19,22,25-36H2,1-5H3/b10-8-,15-14-,18-17-,21-20-,24-23-. The maximum absolute atomic E-state index is 12.5. The Labute approximate surface area is 288 Å². The predicted molar refractivity (Wildman–Crippen MR) is 194 cm³/mol. The minimum atomic E-state index is -4.52. The van der Waals surface area contributed by atoms with E-state index in [0.29, 0.717) is 24.1 Å². The molecule has 0 fully saturated rings. The fraction of sp³-hybridized carbons (Fsp3) is 0.711. The van der Waals surface area contributed by atoms with E-state index in [1.54, 1.807) is 0 Å². The molecule has 8 nitrogen and oxygen atoms in total. The minimum Gasteiger partial charge on any atom is -0.756 e. The lowest BCUT2D eigenvalue weighted by molar-refractivity contribution is -0.870. The molecule has 0 aromatic carbocycles. The molecule has 0 aliphatic heterocycles. The highest BCUT2D eigenvalue weighted by Gasteiger charge is 2.20. The van der Waals surface area contributed by atoms with Crippen molar-refractivity contribution in [2.75, 3.05) is 54.1 Å². The molecule has 0 rings (SSSR count). The Kier molecular flexibility index (Phi) is 30.3. The number of allylic oxidation sites excluding steroid dienone is 10. The Morgan fingerprint density at radius 2 is 1.23 bits per heavy atom. The first-order chi connectivity index (χ1) is 22.6. The van der Waals surface area contributed by atoms with Gasteiger partial charge in [-0.2, -0.15) is 0 Å². The smallest absolute Gasteiger partial charge is 0.306 e. The summed E-state index contributed by atoms with van der Waals surface area (Å²) in [6.45, 7) is 5.16. The summed E-state index contributed by atoms with van der Waals surface area (Å²) in [6.07, 6.45) is 36.8. The molecular formula is C38H68NO7P. The molecule has 0 N–H and O–H groups in total. The normalized spacial score (nSPS) is 14.8. The third kappa shape index (κ3) is 35.3. The van der Waals surface area contributed by atoms with Crippen LogP contribution in [-0.2, 0) is 27.9 Å². The Balaban J connectivity index is 4.30. The van der Waals surface area contributed by atoms with Crippen LogP contribution >= 0.6 is 7.82 Å². The number of hydrogen-bond acceptors (Lipinski definition) is 7. The molecule has 0 aliphatic rings. The Morgan fingerprint density at radius 1 is 0.681 bits per heavy atom. The Morgan fingerprint density at radius 3 is 1.83 bits per heavy atom. The van der Waals surface area contributed by atoms with Gasteiger partial charge >= 0.3 is 5.97 Å². The van der Waals surface area contributed by atoms with Gasteiger partial charge in [-0.25, -0.2) is 0 Å². The van der Waals surface area contributed by atoms with Crippen molar-refractivity contribution in [2.45, 2.75) is 123 Å². The van der Waals surface area contributed by atoms with Crippen LogP contribution in [0.25, 0.3) is 0 Å². The molecular weight excluding hydrogens is 613 g/mol. The van der Waals surface area contributed by atoms with E-state index in [2.05, 4.69) is 74.6 Å². The summed E-state index contributed by atoms with van der Waals surface area (Å²) in [4.78, 5) is 24.8. The van der Waals surface area contributed by atoms with Crippen molar-refractivity contribution >= 4 is 13.8 Å². The number of phosphoric acid groups is 1. The van der Waals surface area contributed by atoms with Crippen molar-refractivity contribution in [3.05, 3.63) is 60.8 Å². The maximum Gasteiger partial charge on any atom is 0.306 e. The molecule has 0 heterocycles. The molecule has 47 heavy (non-hydrogen) atoms. The molecule has 0 radical (unpaired) electrons. The van der Waals surface area contributed by atoms with E-state index in [-0.39, 0.29) is 32.2 Å². The lowest BCUT2D eigenvalue weighted by atomic mass is 10.1. The zero-order valence-electron chi connectivity index (χ0n) is 30.5. The van der Waals surface area contributed by atoms with Crippen molar-refractivity contribution < 1.29 is 37.3 Å². The van der Waals surface area contributed by atoms with Crippen LogP contribution in [0.2, 0.25) is 0 Å². The van der Waals surface area contributed by atoms with Gasteiger partial charge < -0.3 is 27.9 Å². The molecule has 0 saturated carbocycles. The summed E-state index contributed by atoms with van der Waals surface area (Å²) in [6, 6.07) is 0. The highest BCUT2D eigenvalue weighted by molar-refractivity contribution is 7.45. The molecule has 272 valence electrons. The molecule has 0 aromatic rings. The van der Waals surface area contributed by atoms with Crippen molar-refractivity contribution in [2.24, 2.45) is 0 Å². The zero-order chi connectivity index (χ0) is 34.9. The quantitative estimate of drug-likeness (QED) is 0.0230. The van der Waals surface area contributed by atoms with Gasteiger partial charge in [0.15, 0.2) is 0 Å². The number of esters is 1. The van der Waals surface area contributed by atoms with Crippen LogP contribution in [-0.4, -0.2) is 70.7 Å². The van der Waals surface area contributed by atoms with Crippen LogP contribution < -0.4 is 4.89 Å². The lowest BCUT2D eigenvalue weighted by Crippen LogP contribution is -2.37. The molecule has 0 saturated heterocycles. The summed E-state index contributed by atoms with van der Waals surface area (Å²) in [5.41, 5.74) is 0. The number of rotatable bonds is 32. The van der Waals surface area contributed by atoms with Crippen molar-refractivity contribution in [3.8, 4) is 0 Å². The van der Waals surface area contributed by atoms with E-state index >= 15 is 0 Å². The third-order valence-electron chi connectivity index (χ3n) is 7.08. The van der Waals surface area contributed by atoms with Crippen LogP contribution in [0.4, 0.5) is 0 Å². The second-order valence-electron chi connectivity index (χ2n) is 12.9. The van der Waals surface area contributed by atoms with Crippen LogP contribution in [0, 0.1) is 0 Å². The summed E-state index contributed by atoms with van der Waals surface area (Å²) < 4.78 is 34.2. The average Bonchev–Trinajstić information content (AvgIpc) is 3.01. The van der Waals surface area contributed by atoms with Crippen molar-refractivity contribution in [3.63, 3.8) is 0 Å². The van der Waals surface area contributed by atoms with Gasteiger partial charge in [0.05, 0.1) is 34.4 Å². The van der Waals surface area contributed by atoms with Gasteiger partial charge in [-0.05, 0) is 57.8 Å². The highest BCUT2D eigenvalue weighted by atomic mass is 31.2. The first kappa shape index (κ1) is 45.2. The summed E-state index contributed by atoms with van der Waals surface area (Å²) in [5.74, 6) is -0.372. The predicted octanol–water partition coefficient (Wildman–Crippen LogP) is 9.19. The Hall–Kier alpha value is -1.80. The third-order valence-corrected chi connectivity index (χ3v) is 8.05. The monoisotopic (exact) mass is 681 g/mol. The van der Waals surface area contributed by atoms with Crippen LogP contribution in [0.1, 0.15) is 117 Å². The summed E-state index contributed by atoms with van der Waals surface area (Å²) >= 11 is 0. The fourth-order valence-corrected chi connectivity index (χ4v) is 5.00. The maximum atomic E-state index is 12.5. The molecule has 0 aliphatic carbocycles. The minimum absolute atomic E-state index is 0.0168. The zero-order valence-corrected chi connectivity index (χ0v) is 31.3. The molecule has 0 bridgehead atoms. The molecule has 2 atom stereocenters. The first-order valence-electron chi connectivity index (χ1n) is 18.0. The molecule has 0 amide bonds. The number of phosphoric ester groups is 1. The SMILES string of the molecule is CC/C=C\C/C=C\C/C=C\C/C=C\C/C=C\CCCCCC(=O)OC(COCCCCCCCC)COP(=O)([O-])OCC[N+](C)(C)C. The molecule has 2 unspecified atom stereocenters. The number of quaternary nitrogens is 1. The number of unbranched alkanes of at least 4 members (excludes halogenated alkanes) is 8. The van der Waals surface area contributed by atoms with Crippen molar-refractivity contribution in [1.29, 1.82) is 0 Å². The lowest BCUT2D eigenvalue weighted by Gasteiger charge is -2.28. The van der Waals surface area contributed by atoms with Crippen LogP contribution in [0.15, 0.2) is 60.8 Å². The number of likely N-dealkylation sites (N-methyl/N-ethyl adjacent to an activating group) is 1. The average molecular weight is 682 g/mol. The van der Waals surface area contributed by atoms with E-state index in [1.165, 1.54) is 25.7 Å². The van der Waals surface area contributed by atoms with E-state index < -0.39 is 13.9 Å². The second kappa shape index (κ2) is 31.5. The molecule has 9 heteroatoms. The number of carbonyl (C=O) groups excluding carboxylic acids is 1. The van der Waals surface area contributed by atoms with Gasteiger partial charge in [0.2, 0.25) is 0 Å². The summed E-state index contributed by atoms with van der Waals surface area (Å²) in [5, 5.41) is 0. The van der Waals surface area contributed by atoms with Crippen LogP contribution in [0.5, 0.6) is 0 Å². The number of ether oxygens (including phenoxy) is 2. The highest BCUT2D eigenvalue weighted by Crippen LogP contribution is 2.38. The summed E-state index contributed by atoms with van der Waals surface area (Å²) in [7, 11) is 1.32. The van der Waals surface area contributed by atoms with Gasteiger partial charge in [0, 0.05) is 13.0 Å². The molecule has 0 aromatic heterocycles. The number of carbonyl (C=O) groups is 1. The number of hydrogen-bond donors (Lipinski definition) is 0. The molecule has 0 spiro atoms. The largest absolute Gasteiger partial charge is 0.756 e. The number of nitrogens with zero attached hydrogens (tertiary/aromatic N) is 1. The second-order valence-corrected chi connectivity index (χ2v) is 14.3. The van der Waals surface area contributed by atoms with E-state index in [4.69, 9.17) is 18.5 Å². The van der Waals surface area contributed by atoms with Gasteiger partial charge in [0.25, 0.3) is 7.82 Å². The van der Waals surface area contributed by atoms with Gasteiger partial charge in [-0.15, -0.1) is 0 Å². The first-order valence-corrected chi connectivity index (χ1v) is 19.5. The topological polar surface area (TPSA) is 94.1 Å². The van der Waals surface area contributed by atoms with Gasteiger partial charge in [0.1, 0.15) is 19.3 Å². The van der Waals surface area contributed by atoms with Gasteiger partial charge in [-0.3, -0.25) is 9.36 Å². The van der Waals surface area contributed by atoms with Crippen LogP contribution in [0.3, 0.4) is 0 Å². The van der Waals surface area contributed by atoms with E-state index in [0.717, 1.165) is 64.2 Å². The fourth-order valence-electron chi connectivity index (χ4n) is 4.28. The van der Waals surface area contributed by atoms with Gasteiger partial charge in [-0.1, -0.05) is 113 Å². The van der Waals surface area contributed by atoms with Crippen molar-refractivity contribution in [1.82, 2.24) is 0 Å². The van der Waals surface area contributed by atoms with E-state index in [9.17, 15) is 14.3 Å². The Bertz CT molecular complexity index is 937. The van der Waals surface area contributed by atoms with E-state index in [1.807, 2.05) is 21.1 Å².